The van der Waals surface area contributed by atoms with E-state index in [9.17, 15) is 4.79 Å². The van der Waals surface area contributed by atoms with E-state index in [0.29, 0.717) is 15.6 Å². The number of hydrogen-bond acceptors (Lipinski definition) is 4. The number of esters is 1. The van der Waals surface area contributed by atoms with Crippen LogP contribution in [0.25, 0.3) is 10.2 Å². The Balaban J connectivity index is 1.65. The fraction of sp³-hybridized carbons (Fsp3) is 0.125. The molecule has 0 saturated carbocycles. The molecule has 1 aromatic heterocycles. The molecule has 0 N–H and O–H groups in total. The summed E-state index contributed by atoms with van der Waals surface area (Å²) in [6.07, 6.45) is 0.0450. The van der Waals surface area contributed by atoms with Crippen LogP contribution < -0.4 is 0 Å². The third-order valence-electron chi connectivity index (χ3n) is 3.08. The Hall–Kier alpha value is -1.62. The van der Waals surface area contributed by atoms with Gasteiger partial charge in [0.1, 0.15) is 11.6 Å². The van der Waals surface area contributed by atoms with E-state index >= 15 is 0 Å². The van der Waals surface area contributed by atoms with E-state index in [2.05, 4.69) is 4.98 Å². The Morgan fingerprint density at radius 2 is 1.82 bits per heavy atom. The molecule has 0 atom stereocenters. The van der Waals surface area contributed by atoms with Gasteiger partial charge < -0.3 is 4.74 Å². The molecule has 2 aromatic carbocycles. The Morgan fingerprint density at radius 1 is 1.09 bits per heavy atom. The van der Waals surface area contributed by atoms with Crippen LogP contribution in [0, 0.1) is 0 Å². The molecule has 3 nitrogen and oxygen atoms in total. The number of hydrogen-bond donors (Lipinski definition) is 0. The maximum atomic E-state index is 11.9. The topological polar surface area (TPSA) is 39.2 Å². The van der Waals surface area contributed by atoms with Crippen LogP contribution in [0.3, 0.4) is 0 Å². The summed E-state index contributed by atoms with van der Waals surface area (Å²) in [5, 5.41) is 1.69. The summed E-state index contributed by atoms with van der Waals surface area (Å²) >= 11 is 13.6. The number of thiazole rings is 1. The predicted molar refractivity (Wildman–Crippen MR) is 89.6 cm³/mol. The number of fused-ring (bicyclic) bond motifs is 1. The maximum Gasteiger partial charge on any atom is 0.310 e. The lowest BCUT2D eigenvalue weighted by Crippen LogP contribution is -2.08. The van der Waals surface area contributed by atoms with Gasteiger partial charge in [0, 0.05) is 15.6 Å². The SMILES string of the molecule is O=C(Cc1c(Cl)cccc1Cl)OCc1nc2ccccc2s1. The highest BCUT2D eigenvalue weighted by molar-refractivity contribution is 7.18. The minimum absolute atomic E-state index is 0.0450. The molecule has 1 heterocycles. The fourth-order valence-corrected chi connectivity index (χ4v) is 3.43. The number of para-hydroxylation sites is 1. The van der Waals surface area contributed by atoms with Crippen molar-refractivity contribution in [2.24, 2.45) is 0 Å². The van der Waals surface area contributed by atoms with Gasteiger partial charge in [0.15, 0.2) is 0 Å². The summed E-state index contributed by atoms with van der Waals surface area (Å²) in [4.78, 5) is 16.4. The summed E-state index contributed by atoms with van der Waals surface area (Å²) in [5.41, 5.74) is 1.49. The van der Waals surface area contributed by atoms with Gasteiger partial charge in [0.05, 0.1) is 16.6 Å². The van der Waals surface area contributed by atoms with Gasteiger partial charge in [-0.25, -0.2) is 4.98 Å². The van der Waals surface area contributed by atoms with Gasteiger partial charge in [0.25, 0.3) is 0 Å². The molecule has 3 rings (SSSR count). The molecular formula is C16H11Cl2NO2S. The van der Waals surface area contributed by atoms with E-state index in [1.165, 1.54) is 11.3 Å². The third kappa shape index (κ3) is 3.40. The number of carbonyl (C=O) groups is 1. The highest BCUT2D eigenvalue weighted by Crippen LogP contribution is 2.25. The summed E-state index contributed by atoms with van der Waals surface area (Å²) in [5.74, 6) is -0.380. The second kappa shape index (κ2) is 6.65. The minimum Gasteiger partial charge on any atom is -0.458 e. The van der Waals surface area contributed by atoms with Crippen LogP contribution in [0.15, 0.2) is 42.5 Å². The molecule has 0 amide bonds. The summed E-state index contributed by atoms with van der Waals surface area (Å²) in [6.45, 7) is 0.153. The Labute approximate surface area is 141 Å². The zero-order chi connectivity index (χ0) is 15.5. The van der Waals surface area contributed by atoms with E-state index in [-0.39, 0.29) is 19.0 Å². The third-order valence-corrected chi connectivity index (χ3v) is 4.80. The molecule has 0 aliphatic heterocycles. The number of benzene rings is 2. The first-order chi connectivity index (χ1) is 10.6. The average molecular weight is 352 g/mol. The van der Waals surface area contributed by atoms with Crippen LogP contribution in [0.1, 0.15) is 10.6 Å². The first kappa shape index (κ1) is 15.3. The van der Waals surface area contributed by atoms with Crippen molar-refractivity contribution < 1.29 is 9.53 Å². The minimum atomic E-state index is -0.380. The molecule has 0 spiro atoms. The molecule has 6 heteroatoms. The smallest absolute Gasteiger partial charge is 0.310 e. The van der Waals surface area contributed by atoms with E-state index in [1.54, 1.807) is 18.2 Å². The standard InChI is InChI=1S/C16H11Cl2NO2S/c17-11-4-3-5-12(18)10(11)8-16(20)21-9-15-19-13-6-1-2-7-14(13)22-15/h1-7H,8-9H2. The van der Waals surface area contributed by atoms with Crippen molar-refractivity contribution in [1.29, 1.82) is 0 Å². The number of nitrogens with zero attached hydrogens (tertiary/aromatic N) is 1. The van der Waals surface area contributed by atoms with Gasteiger partial charge in [-0.2, -0.15) is 0 Å². The largest absolute Gasteiger partial charge is 0.458 e. The van der Waals surface area contributed by atoms with Gasteiger partial charge in [-0.15, -0.1) is 11.3 Å². The molecule has 0 aliphatic carbocycles. The predicted octanol–water partition coefficient (Wildman–Crippen LogP) is 4.89. The van der Waals surface area contributed by atoms with Gasteiger partial charge in [-0.05, 0) is 24.3 Å². The van der Waals surface area contributed by atoms with Crippen molar-refractivity contribution in [2.75, 3.05) is 0 Å². The van der Waals surface area contributed by atoms with Crippen molar-refractivity contribution in [3.05, 3.63) is 63.1 Å². The lowest BCUT2D eigenvalue weighted by atomic mass is 10.1. The van der Waals surface area contributed by atoms with Crippen molar-refractivity contribution in [2.45, 2.75) is 13.0 Å². The number of aromatic nitrogens is 1. The monoisotopic (exact) mass is 351 g/mol. The van der Waals surface area contributed by atoms with Crippen LogP contribution in [-0.4, -0.2) is 11.0 Å². The lowest BCUT2D eigenvalue weighted by Gasteiger charge is -2.06. The van der Waals surface area contributed by atoms with Gasteiger partial charge >= 0.3 is 5.97 Å². The second-order valence-electron chi connectivity index (χ2n) is 4.61. The number of rotatable bonds is 4. The molecule has 0 aliphatic rings. The van der Waals surface area contributed by atoms with E-state index < -0.39 is 0 Å². The molecule has 0 bridgehead atoms. The number of ether oxygens (including phenoxy) is 1. The fourth-order valence-electron chi connectivity index (χ4n) is 2.02. The first-order valence-corrected chi connectivity index (χ1v) is 8.13. The Kier molecular flexibility index (Phi) is 4.62. The lowest BCUT2D eigenvalue weighted by molar-refractivity contribution is -0.144. The van der Waals surface area contributed by atoms with Crippen LogP contribution >= 0.6 is 34.5 Å². The Bertz CT molecular complexity index is 779. The van der Waals surface area contributed by atoms with Crippen molar-refractivity contribution in [1.82, 2.24) is 4.98 Å². The van der Waals surface area contributed by atoms with Crippen molar-refractivity contribution in [3.8, 4) is 0 Å². The molecular weight excluding hydrogens is 341 g/mol. The molecule has 112 valence electrons. The number of halogens is 2. The van der Waals surface area contributed by atoms with Crippen LogP contribution in [-0.2, 0) is 22.6 Å². The van der Waals surface area contributed by atoms with Crippen LogP contribution in [0.2, 0.25) is 10.0 Å². The zero-order valence-electron chi connectivity index (χ0n) is 11.4. The van der Waals surface area contributed by atoms with Crippen LogP contribution in [0.5, 0.6) is 0 Å². The van der Waals surface area contributed by atoms with Gasteiger partial charge in [-0.3, -0.25) is 4.79 Å². The maximum absolute atomic E-state index is 11.9. The molecule has 22 heavy (non-hydrogen) atoms. The van der Waals surface area contributed by atoms with E-state index in [1.807, 2.05) is 24.3 Å². The summed E-state index contributed by atoms with van der Waals surface area (Å²) in [6, 6.07) is 12.9. The highest BCUT2D eigenvalue weighted by atomic mass is 35.5. The second-order valence-corrected chi connectivity index (χ2v) is 6.54. The zero-order valence-corrected chi connectivity index (χ0v) is 13.7. The quantitative estimate of drug-likeness (QED) is 0.628. The van der Waals surface area contributed by atoms with E-state index in [4.69, 9.17) is 27.9 Å². The molecule has 0 radical (unpaired) electrons. The molecule has 3 aromatic rings. The molecule has 0 unspecified atom stereocenters. The van der Waals surface area contributed by atoms with Crippen LogP contribution in [0.4, 0.5) is 0 Å². The van der Waals surface area contributed by atoms with Crippen molar-refractivity contribution in [3.63, 3.8) is 0 Å². The Morgan fingerprint density at radius 3 is 2.55 bits per heavy atom. The van der Waals surface area contributed by atoms with Crippen molar-refractivity contribution >= 4 is 50.7 Å². The highest BCUT2D eigenvalue weighted by Gasteiger charge is 2.13. The normalized spacial score (nSPS) is 10.8. The van der Waals surface area contributed by atoms with Gasteiger partial charge in [0.2, 0.25) is 0 Å². The molecule has 0 fully saturated rings. The van der Waals surface area contributed by atoms with Gasteiger partial charge in [-0.1, -0.05) is 41.4 Å². The summed E-state index contributed by atoms with van der Waals surface area (Å²) in [7, 11) is 0. The van der Waals surface area contributed by atoms with E-state index in [0.717, 1.165) is 15.2 Å². The first-order valence-electron chi connectivity index (χ1n) is 6.56. The average Bonchev–Trinajstić information content (AvgIpc) is 2.92. The molecule has 0 saturated heterocycles. The summed E-state index contributed by atoms with van der Waals surface area (Å²) < 4.78 is 6.34. The number of carbonyl (C=O) groups excluding carboxylic acids is 1.